The predicted octanol–water partition coefficient (Wildman–Crippen LogP) is 5.12. The van der Waals surface area contributed by atoms with E-state index in [4.69, 9.17) is 16.3 Å². The average Bonchev–Trinajstić information content (AvgIpc) is 2.70. The quantitative estimate of drug-likeness (QED) is 0.587. The van der Waals surface area contributed by atoms with E-state index < -0.39 is 17.8 Å². The summed E-state index contributed by atoms with van der Waals surface area (Å²) in [6, 6.07) is 19.0. The highest BCUT2D eigenvalue weighted by Gasteiger charge is 2.17. The Labute approximate surface area is 166 Å². The molecule has 1 amide bonds. The maximum atomic E-state index is 13.6. The van der Waals surface area contributed by atoms with Crippen LogP contribution in [0.25, 0.3) is 0 Å². The van der Waals surface area contributed by atoms with E-state index >= 15 is 0 Å². The van der Waals surface area contributed by atoms with Gasteiger partial charge in [0.1, 0.15) is 11.6 Å². The summed E-state index contributed by atoms with van der Waals surface area (Å²) in [4.78, 5) is 24.6. The summed E-state index contributed by atoms with van der Waals surface area (Å²) in [5, 5.41) is 3.04. The molecule has 0 saturated carbocycles. The second-order valence-corrected chi connectivity index (χ2v) is 6.53. The zero-order valence-electron chi connectivity index (χ0n) is 15.0. The Morgan fingerprint density at radius 3 is 2.11 bits per heavy atom. The monoisotopic (exact) mass is 397 g/mol. The van der Waals surface area contributed by atoms with E-state index in [1.165, 1.54) is 18.2 Å². The first-order valence-electron chi connectivity index (χ1n) is 8.56. The standard InChI is InChI=1S/C22H17ClFNO3/c1-14(22(27)25-20-5-3-2-4-19(20)24)28-18-12-8-16(9-13-18)21(26)15-6-10-17(23)11-7-15/h2-14H,1H3,(H,25,27)/t14-/m0/s1. The summed E-state index contributed by atoms with van der Waals surface area (Å²) in [5.41, 5.74) is 1.10. The van der Waals surface area contributed by atoms with Crippen molar-refractivity contribution in [3.05, 3.63) is 94.8 Å². The van der Waals surface area contributed by atoms with Crippen LogP contribution in [0.1, 0.15) is 22.8 Å². The Balaban J connectivity index is 1.63. The molecule has 0 unspecified atom stereocenters. The van der Waals surface area contributed by atoms with Gasteiger partial charge in [-0.1, -0.05) is 23.7 Å². The van der Waals surface area contributed by atoms with Crippen LogP contribution < -0.4 is 10.1 Å². The number of benzene rings is 3. The van der Waals surface area contributed by atoms with E-state index in [2.05, 4.69) is 5.32 Å². The number of ketones is 1. The number of rotatable bonds is 6. The van der Waals surface area contributed by atoms with Crippen molar-refractivity contribution in [1.29, 1.82) is 0 Å². The summed E-state index contributed by atoms with van der Waals surface area (Å²) in [6.07, 6.45) is -0.850. The molecular weight excluding hydrogens is 381 g/mol. The van der Waals surface area contributed by atoms with Gasteiger partial charge in [0, 0.05) is 16.1 Å². The topological polar surface area (TPSA) is 55.4 Å². The van der Waals surface area contributed by atoms with Gasteiger partial charge in [-0.05, 0) is 67.6 Å². The zero-order chi connectivity index (χ0) is 20.1. The molecule has 1 N–H and O–H groups in total. The van der Waals surface area contributed by atoms with Crippen molar-refractivity contribution in [3.63, 3.8) is 0 Å². The Bertz CT molecular complexity index is 987. The Morgan fingerprint density at radius 1 is 0.929 bits per heavy atom. The number of hydrogen-bond acceptors (Lipinski definition) is 3. The fourth-order valence-electron chi connectivity index (χ4n) is 2.51. The average molecular weight is 398 g/mol. The van der Waals surface area contributed by atoms with E-state index in [0.717, 1.165) is 0 Å². The molecule has 142 valence electrons. The summed E-state index contributed by atoms with van der Waals surface area (Å²) >= 11 is 5.84. The minimum atomic E-state index is -0.850. The fourth-order valence-corrected chi connectivity index (χ4v) is 2.63. The third-order valence-corrected chi connectivity index (χ3v) is 4.29. The van der Waals surface area contributed by atoms with E-state index in [-0.39, 0.29) is 11.5 Å². The van der Waals surface area contributed by atoms with Crippen LogP contribution in [0.4, 0.5) is 10.1 Å². The smallest absolute Gasteiger partial charge is 0.265 e. The van der Waals surface area contributed by atoms with Gasteiger partial charge in [-0.2, -0.15) is 0 Å². The lowest BCUT2D eigenvalue weighted by molar-refractivity contribution is -0.122. The molecule has 0 heterocycles. The molecule has 0 radical (unpaired) electrons. The molecule has 0 aliphatic carbocycles. The van der Waals surface area contributed by atoms with Crippen molar-refractivity contribution >= 4 is 29.0 Å². The lowest BCUT2D eigenvalue weighted by Gasteiger charge is -2.15. The molecule has 6 heteroatoms. The number of anilines is 1. The van der Waals surface area contributed by atoms with Gasteiger partial charge in [0.25, 0.3) is 5.91 Å². The van der Waals surface area contributed by atoms with Crippen molar-refractivity contribution in [2.45, 2.75) is 13.0 Å². The number of nitrogens with one attached hydrogen (secondary N) is 1. The first kappa shape index (κ1) is 19.6. The molecule has 28 heavy (non-hydrogen) atoms. The van der Waals surface area contributed by atoms with Gasteiger partial charge in [-0.15, -0.1) is 0 Å². The van der Waals surface area contributed by atoms with Gasteiger partial charge >= 0.3 is 0 Å². The summed E-state index contributed by atoms with van der Waals surface area (Å²) < 4.78 is 19.2. The van der Waals surface area contributed by atoms with Crippen LogP contribution in [0.5, 0.6) is 5.75 Å². The number of carbonyl (C=O) groups is 2. The lowest BCUT2D eigenvalue weighted by Crippen LogP contribution is -2.30. The fraction of sp³-hybridized carbons (Fsp3) is 0.0909. The second-order valence-electron chi connectivity index (χ2n) is 6.09. The number of ether oxygens (including phenoxy) is 1. The number of halogens is 2. The number of amides is 1. The summed E-state index contributed by atoms with van der Waals surface area (Å²) in [5.74, 6) is -0.725. The van der Waals surface area contributed by atoms with E-state index in [1.807, 2.05) is 0 Å². The summed E-state index contributed by atoms with van der Waals surface area (Å²) in [7, 11) is 0. The van der Waals surface area contributed by atoms with Gasteiger partial charge in [0.05, 0.1) is 5.69 Å². The molecule has 4 nitrogen and oxygen atoms in total. The maximum absolute atomic E-state index is 13.6. The molecule has 3 rings (SSSR count). The van der Waals surface area contributed by atoms with Gasteiger partial charge in [0.2, 0.25) is 0 Å². The normalized spacial score (nSPS) is 11.5. The molecule has 0 fully saturated rings. The SMILES string of the molecule is C[C@H](Oc1ccc(C(=O)c2ccc(Cl)cc2)cc1)C(=O)Nc1ccccc1F. The third-order valence-electron chi connectivity index (χ3n) is 4.04. The predicted molar refractivity (Wildman–Crippen MR) is 106 cm³/mol. The molecule has 0 saturated heterocycles. The number of hydrogen-bond donors (Lipinski definition) is 1. The van der Waals surface area contributed by atoms with Crippen molar-refractivity contribution in [2.24, 2.45) is 0 Å². The molecule has 0 bridgehead atoms. The van der Waals surface area contributed by atoms with Crippen LogP contribution in [0, 0.1) is 5.82 Å². The van der Waals surface area contributed by atoms with Crippen molar-refractivity contribution < 1.29 is 18.7 Å². The van der Waals surface area contributed by atoms with Gasteiger partial charge in [-0.3, -0.25) is 9.59 Å². The van der Waals surface area contributed by atoms with E-state index in [9.17, 15) is 14.0 Å². The number of para-hydroxylation sites is 1. The van der Waals surface area contributed by atoms with Gasteiger partial charge in [-0.25, -0.2) is 4.39 Å². The van der Waals surface area contributed by atoms with Crippen LogP contribution in [0.15, 0.2) is 72.8 Å². The number of carbonyl (C=O) groups excluding carboxylic acids is 2. The summed E-state index contributed by atoms with van der Waals surface area (Å²) in [6.45, 7) is 1.56. The largest absolute Gasteiger partial charge is 0.481 e. The highest BCUT2D eigenvalue weighted by atomic mass is 35.5. The molecular formula is C22H17ClFNO3. The van der Waals surface area contributed by atoms with E-state index in [1.54, 1.807) is 61.5 Å². The first-order chi connectivity index (χ1) is 13.4. The van der Waals surface area contributed by atoms with Crippen molar-refractivity contribution in [2.75, 3.05) is 5.32 Å². The lowest BCUT2D eigenvalue weighted by atomic mass is 10.0. The zero-order valence-corrected chi connectivity index (χ0v) is 15.7. The third kappa shape index (κ3) is 4.75. The van der Waals surface area contributed by atoms with Crippen LogP contribution in [0.2, 0.25) is 5.02 Å². The Kier molecular flexibility index (Phi) is 6.06. The molecule has 3 aromatic carbocycles. The van der Waals surface area contributed by atoms with Gasteiger partial charge < -0.3 is 10.1 Å². The second kappa shape index (κ2) is 8.67. The minimum absolute atomic E-state index is 0.0897. The van der Waals surface area contributed by atoms with Gasteiger partial charge in [0.15, 0.2) is 11.9 Å². The highest BCUT2D eigenvalue weighted by molar-refractivity contribution is 6.30. The Hall–Kier alpha value is -3.18. The van der Waals surface area contributed by atoms with Crippen molar-refractivity contribution in [1.82, 2.24) is 0 Å². The molecule has 0 aliphatic heterocycles. The highest BCUT2D eigenvalue weighted by Crippen LogP contribution is 2.19. The molecule has 0 aliphatic rings. The first-order valence-corrected chi connectivity index (χ1v) is 8.94. The molecule has 0 spiro atoms. The Morgan fingerprint density at radius 2 is 1.50 bits per heavy atom. The maximum Gasteiger partial charge on any atom is 0.265 e. The van der Waals surface area contributed by atoms with Crippen molar-refractivity contribution in [3.8, 4) is 5.75 Å². The molecule has 3 aromatic rings. The van der Waals surface area contributed by atoms with Crippen LogP contribution in [0.3, 0.4) is 0 Å². The molecule has 1 atom stereocenters. The van der Waals surface area contributed by atoms with Crippen LogP contribution in [-0.4, -0.2) is 17.8 Å². The van der Waals surface area contributed by atoms with E-state index in [0.29, 0.717) is 21.9 Å². The van der Waals surface area contributed by atoms with Crippen LogP contribution >= 0.6 is 11.6 Å². The van der Waals surface area contributed by atoms with Crippen LogP contribution in [-0.2, 0) is 4.79 Å². The molecule has 0 aromatic heterocycles. The minimum Gasteiger partial charge on any atom is -0.481 e.